The Morgan fingerprint density at radius 3 is 2.56 bits per heavy atom. The van der Waals surface area contributed by atoms with E-state index in [0.29, 0.717) is 35.4 Å². The van der Waals surface area contributed by atoms with Gasteiger partial charge in [-0.1, -0.05) is 12.5 Å². The van der Waals surface area contributed by atoms with Crippen molar-refractivity contribution in [2.75, 3.05) is 11.9 Å². The van der Waals surface area contributed by atoms with E-state index in [2.05, 4.69) is 32.8 Å². The second-order valence-electron chi connectivity index (χ2n) is 9.40. The number of fused-ring (bicyclic) bond motifs is 2. The smallest absolute Gasteiger partial charge is 0.244 e. The van der Waals surface area contributed by atoms with Crippen LogP contribution in [0.1, 0.15) is 50.5 Å². The highest BCUT2D eigenvalue weighted by Gasteiger charge is 2.33. The fourth-order valence-corrected chi connectivity index (χ4v) is 4.91. The first-order valence-corrected chi connectivity index (χ1v) is 11.7. The van der Waals surface area contributed by atoms with Gasteiger partial charge in [0.1, 0.15) is 5.75 Å². The molecule has 5 rings (SSSR count). The molecule has 1 saturated carbocycles. The Kier molecular flexibility index (Phi) is 5.83. The van der Waals surface area contributed by atoms with Gasteiger partial charge in [0.25, 0.3) is 0 Å². The molecule has 1 aliphatic carbocycles. The Balaban J connectivity index is 1.25. The van der Waals surface area contributed by atoms with Crippen LogP contribution in [0.5, 0.6) is 5.75 Å². The van der Waals surface area contributed by atoms with Gasteiger partial charge < -0.3 is 20.6 Å². The van der Waals surface area contributed by atoms with E-state index in [1.807, 2.05) is 24.3 Å². The number of hydrogen-bond donors (Lipinski definition) is 3. The molecule has 3 aliphatic rings. The number of phenolic OH excluding ortho intramolecular Hbond substituents is 1. The number of carbonyl (C=O) groups is 1. The van der Waals surface area contributed by atoms with Crippen molar-refractivity contribution in [2.45, 2.75) is 69.1 Å². The SMILES string of the molecule is CN(c1ccc(-c2ccc(/C=C/C(=O)NC3CC3)cc2O)nn1)C1CC2CCCC(C1)N2. The van der Waals surface area contributed by atoms with Crippen LogP contribution in [0.4, 0.5) is 5.82 Å². The quantitative estimate of drug-likeness (QED) is 0.606. The lowest BCUT2D eigenvalue weighted by Gasteiger charge is -2.43. The lowest BCUT2D eigenvalue weighted by Crippen LogP contribution is -2.54. The number of hydrogen-bond acceptors (Lipinski definition) is 6. The van der Waals surface area contributed by atoms with Gasteiger partial charge in [-0.05, 0) is 74.4 Å². The molecule has 0 spiro atoms. The third-order valence-corrected chi connectivity index (χ3v) is 6.90. The van der Waals surface area contributed by atoms with Crippen LogP contribution in [0, 0.1) is 0 Å². The molecule has 3 N–H and O–H groups in total. The Bertz CT molecular complexity index is 990. The molecule has 1 aromatic heterocycles. The van der Waals surface area contributed by atoms with Crippen LogP contribution in [-0.2, 0) is 4.79 Å². The summed E-state index contributed by atoms with van der Waals surface area (Å²) in [4.78, 5) is 14.1. The fourth-order valence-electron chi connectivity index (χ4n) is 4.91. The Morgan fingerprint density at radius 1 is 1.12 bits per heavy atom. The molecule has 2 atom stereocenters. The summed E-state index contributed by atoms with van der Waals surface area (Å²) in [7, 11) is 2.10. The molecule has 1 aromatic carbocycles. The van der Waals surface area contributed by atoms with Crippen LogP contribution in [0.3, 0.4) is 0 Å². The Hall–Kier alpha value is -2.93. The van der Waals surface area contributed by atoms with E-state index in [9.17, 15) is 9.90 Å². The summed E-state index contributed by atoms with van der Waals surface area (Å²) in [6.45, 7) is 0. The Labute approximate surface area is 188 Å². The third kappa shape index (κ3) is 4.78. The number of rotatable bonds is 6. The summed E-state index contributed by atoms with van der Waals surface area (Å²) < 4.78 is 0. The van der Waals surface area contributed by atoms with Crippen molar-refractivity contribution in [3.63, 3.8) is 0 Å². The van der Waals surface area contributed by atoms with Gasteiger partial charge in [-0.2, -0.15) is 0 Å². The van der Waals surface area contributed by atoms with Crippen LogP contribution < -0.4 is 15.5 Å². The number of benzene rings is 1. The molecule has 2 saturated heterocycles. The number of anilines is 1. The minimum atomic E-state index is -0.0981. The van der Waals surface area contributed by atoms with Gasteiger partial charge >= 0.3 is 0 Å². The first-order chi connectivity index (χ1) is 15.5. The van der Waals surface area contributed by atoms with Crippen molar-refractivity contribution in [1.29, 1.82) is 0 Å². The zero-order valence-electron chi connectivity index (χ0n) is 18.5. The highest BCUT2D eigenvalue weighted by atomic mass is 16.3. The van der Waals surface area contributed by atoms with E-state index < -0.39 is 0 Å². The van der Waals surface area contributed by atoms with Crippen molar-refractivity contribution in [1.82, 2.24) is 20.8 Å². The summed E-state index contributed by atoms with van der Waals surface area (Å²) >= 11 is 0. The summed E-state index contributed by atoms with van der Waals surface area (Å²) in [5.41, 5.74) is 2.02. The minimum Gasteiger partial charge on any atom is -0.507 e. The summed E-state index contributed by atoms with van der Waals surface area (Å²) in [6.07, 6.45) is 11.5. The standard InChI is InChI=1S/C25H31N5O2/c1-30(20-14-18-3-2-4-19(15-20)26-18)24-11-10-22(28-29-24)21-9-5-16(13-23(21)31)6-12-25(32)27-17-7-8-17/h5-6,9-13,17-20,26,31H,2-4,7-8,14-15H2,1H3,(H,27,32)/b12-6+. The monoisotopic (exact) mass is 433 g/mol. The number of nitrogens with zero attached hydrogens (tertiary/aromatic N) is 3. The molecular formula is C25H31N5O2. The maximum absolute atomic E-state index is 11.8. The average Bonchev–Trinajstić information content (AvgIpc) is 3.61. The van der Waals surface area contributed by atoms with Crippen molar-refractivity contribution < 1.29 is 9.90 Å². The van der Waals surface area contributed by atoms with Crippen LogP contribution in [-0.4, -0.2) is 52.4 Å². The molecule has 7 heteroatoms. The number of carbonyl (C=O) groups excluding carboxylic acids is 1. The van der Waals surface area contributed by atoms with Crippen LogP contribution in [0.15, 0.2) is 36.4 Å². The third-order valence-electron chi connectivity index (χ3n) is 6.90. The maximum atomic E-state index is 11.8. The summed E-state index contributed by atoms with van der Waals surface area (Å²) in [5.74, 6) is 0.884. The zero-order chi connectivity index (χ0) is 22.1. The van der Waals surface area contributed by atoms with E-state index >= 15 is 0 Å². The van der Waals surface area contributed by atoms with Crippen molar-refractivity contribution in [3.05, 3.63) is 42.0 Å². The van der Waals surface area contributed by atoms with Crippen LogP contribution >= 0.6 is 0 Å². The predicted molar refractivity (Wildman–Crippen MR) is 125 cm³/mol. The molecule has 7 nitrogen and oxygen atoms in total. The summed E-state index contributed by atoms with van der Waals surface area (Å²) in [5, 5.41) is 26.0. The Morgan fingerprint density at radius 2 is 1.91 bits per heavy atom. The van der Waals surface area contributed by atoms with Crippen molar-refractivity contribution in [3.8, 4) is 17.0 Å². The van der Waals surface area contributed by atoms with E-state index in [1.54, 1.807) is 12.1 Å². The molecular weight excluding hydrogens is 402 g/mol. The molecule has 32 heavy (non-hydrogen) atoms. The number of amides is 1. The zero-order valence-corrected chi connectivity index (χ0v) is 18.5. The maximum Gasteiger partial charge on any atom is 0.244 e. The molecule has 2 unspecified atom stereocenters. The first kappa shape index (κ1) is 20.9. The van der Waals surface area contributed by atoms with Gasteiger partial charge in [0.05, 0.1) is 5.69 Å². The number of phenols is 1. The lowest BCUT2D eigenvalue weighted by molar-refractivity contribution is -0.116. The largest absolute Gasteiger partial charge is 0.507 e. The van der Waals surface area contributed by atoms with E-state index in [1.165, 1.54) is 25.3 Å². The molecule has 3 fully saturated rings. The molecule has 168 valence electrons. The lowest BCUT2D eigenvalue weighted by atomic mass is 9.83. The first-order valence-electron chi connectivity index (χ1n) is 11.7. The van der Waals surface area contributed by atoms with Crippen LogP contribution in [0.25, 0.3) is 17.3 Å². The second kappa shape index (κ2) is 8.90. The molecule has 2 aromatic rings. The van der Waals surface area contributed by atoms with Crippen molar-refractivity contribution >= 4 is 17.8 Å². The molecule has 0 radical (unpaired) electrons. The highest BCUT2D eigenvalue weighted by Crippen LogP contribution is 2.32. The van der Waals surface area contributed by atoms with Gasteiger partial charge in [0.2, 0.25) is 5.91 Å². The van der Waals surface area contributed by atoms with E-state index in [0.717, 1.165) is 37.1 Å². The van der Waals surface area contributed by atoms with Crippen LogP contribution in [0.2, 0.25) is 0 Å². The number of nitrogens with one attached hydrogen (secondary N) is 2. The van der Waals surface area contributed by atoms with Gasteiger partial charge in [-0.3, -0.25) is 4.79 Å². The van der Waals surface area contributed by atoms with E-state index in [4.69, 9.17) is 0 Å². The van der Waals surface area contributed by atoms with Gasteiger partial charge in [-0.15, -0.1) is 10.2 Å². The van der Waals surface area contributed by atoms with Crippen molar-refractivity contribution in [2.24, 2.45) is 0 Å². The average molecular weight is 434 g/mol. The molecule has 2 bridgehead atoms. The number of aromatic nitrogens is 2. The predicted octanol–water partition coefficient (Wildman–Crippen LogP) is 3.25. The number of aromatic hydroxyl groups is 1. The molecule has 1 amide bonds. The normalized spacial score (nSPS) is 25.0. The topological polar surface area (TPSA) is 90.4 Å². The van der Waals surface area contributed by atoms with Gasteiger partial charge in [0, 0.05) is 42.9 Å². The summed E-state index contributed by atoms with van der Waals surface area (Å²) in [6, 6.07) is 11.3. The minimum absolute atomic E-state index is 0.0981. The fraction of sp³-hybridized carbons (Fsp3) is 0.480. The molecule has 3 heterocycles. The van der Waals surface area contributed by atoms with Gasteiger partial charge in [0.15, 0.2) is 5.82 Å². The molecule has 2 aliphatic heterocycles. The highest BCUT2D eigenvalue weighted by molar-refractivity contribution is 5.92. The number of piperidine rings is 2. The van der Waals surface area contributed by atoms with E-state index in [-0.39, 0.29) is 11.7 Å². The van der Waals surface area contributed by atoms with Gasteiger partial charge in [-0.25, -0.2) is 0 Å². The second-order valence-corrected chi connectivity index (χ2v) is 9.40.